The molecule has 0 aliphatic carbocycles. The van der Waals surface area contributed by atoms with Gasteiger partial charge in [-0.3, -0.25) is 14.4 Å². The number of hydrogen-bond acceptors (Lipinski definition) is 6. The molecular formula is C33H45BrN2O6. The molecule has 2 bridgehead atoms. The highest BCUT2D eigenvalue weighted by Gasteiger charge is 2.77. The molecule has 3 aliphatic rings. The minimum atomic E-state index is -1.24. The number of ether oxygens (including phenoxy) is 2. The predicted molar refractivity (Wildman–Crippen MR) is 166 cm³/mol. The lowest BCUT2D eigenvalue weighted by Gasteiger charge is -2.40. The SMILES string of the molecule is C=CCCCCOC(=O)[C@H]1[C@H]2C(=O)N([C@@H](CO)CC(C)C)C(C(=O)N(CC=C)c3cc(C)ccc3C)C23CC(Br)[C@@H]1O3. The summed E-state index contributed by atoms with van der Waals surface area (Å²) in [7, 11) is 0. The molecule has 3 aliphatic heterocycles. The van der Waals surface area contributed by atoms with Gasteiger partial charge in [0.05, 0.1) is 37.2 Å². The molecule has 4 rings (SSSR count). The molecule has 2 amide bonds. The van der Waals surface area contributed by atoms with Gasteiger partial charge in [0, 0.05) is 17.1 Å². The molecule has 1 aromatic rings. The molecule has 3 saturated heterocycles. The van der Waals surface area contributed by atoms with Crippen LogP contribution in [0.15, 0.2) is 43.5 Å². The van der Waals surface area contributed by atoms with Gasteiger partial charge in [-0.1, -0.05) is 54.1 Å². The Bertz CT molecular complexity index is 1200. The topological polar surface area (TPSA) is 96.4 Å². The number of benzene rings is 1. The van der Waals surface area contributed by atoms with Gasteiger partial charge >= 0.3 is 5.97 Å². The number of nitrogens with zero attached hydrogens (tertiary/aromatic N) is 2. The number of esters is 1. The zero-order valence-electron chi connectivity index (χ0n) is 25.3. The summed E-state index contributed by atoms with van der Waals surface area (Å²) in [5.41, 5.74) is 1.40. The van der Waals surface area contributed by atoms with E-state index < -0.39 is 41.6 Å². The first kappa shape index (κ1) is 32.4. The number of aryl methyl sites for hydroxylation is 2. The molecule has 230 valence electrons. The highest BCUT2D eigenvalue weighted by molar-refractivity contribution is 9.09. The lowest BCUT2D eigenvalue weighted by atomic mass is 9.70. The van der Waals surface area contributed by atoms with Gasteiger partial charge in [0.1, 0.15) is 11.6 Å². The zero-order valence-corrected chi connectivity index (χ0v) is 26.8. The van der Waals surface area contributed by atoms with E-state index in [2.05, 4.69) is 29.1 Å². The second-order valence-corrected chi connectivity index (χ2v) is 13.5. The van der Waals surface area contributed by atoms with Crippen molar-refractivity contribution >= 4 is 39.4 Å². The van der Waals surface area contributed by atoms with Gasteiger partial charge < -0.3 is 24.4 Å². The van der Waals surface area contributed by atoms with Crippen molar-refractivity contribution in [1.29, 1.82) is 0 Å². The first-order valence-electron chi connectivity index (χ1n) is 15.0. The van der Waals surface area contributed by atoms with Gasteiger partial charge in [0.25, 0.3) is 5.91 Å². The summed E-state index contributed by atoms with van der Waals surface area (Å²) < 4.78 is 12.3. The number of unbranched alkanes of at least 4 members (excludes halogenated alkanes) is 2. The minimum Gasteiger partial charge on any atom is -0.465 e. The second-order valence-electron chi connectivity index (χ2n) is 12.4. The maximum atomic E-state index is 14.8. The smallest absolute Gasteiger partial charge is 0.312 e. The first-order valence-corrected chi connectivity index (χ1v) is 16.0. The Kier molecular flexibility index (Phi) is 10.4. The Labute approximate surface area is 258 Å². The highest BCUT2D eigenvalue weighted by Crippen LogP contribution is 2.61. The molecule has 3 heterocycles. The lowest BCUT2D eigenvalue weighted by Crippen LogP contribution is -2.59. The van der Waals surface area contributed by atoms with Crippen molar-refractivity contribution in [2.75, 3.05) is 24.7 Å². The fourth-order valence-electron chi connectivity index (χ4n) is 7.08. The van der Waals surface area contributed by atoms with Crippen molar-refractivity contribution in [3.8, 4) is 0 Å². The Hall–Kier alpha value is -2.49. The van der Waals surface area contributed by atoms with E-state index in [-0.39, 0.29) is 42.3 Å². The Morgan fingerprint density at radius 2 is 2.00 bits per heavy atom. The van der Waals surface area contributed by atoms with Gasteiger partial charge in [-0.2, -0.15) is 0 Å². The summed E-state index contributed by atoms with van der Waals surface area (Å²) in [4.78, 5) is 45.8. The second kappa shape index (κ2) is 13.4. The van der Waals surface area contributed by atoms with Gasteiger partial charge in [0.15, 0.2) is 0 Å². The zero-order chi connectivity index (χ0) is 30.8. The normalized spacial score (nSPS) is 28.6. The summed E-state index contributed by atoms with van der Waals surface area (Å²) in [6.45, 7) is 15.7. The standard InChI is InChI=1S/C33H45BrN2O6/c1-7-9-10-11-15-41-32(40)26-27-30(38)36(23(19-37)16-20(3)4)29(33(27)18-24(34)28(26)42-33)31(39)35(14-8-2)25-17-21(5)12-13-22(25)6/h7-8,12-13,17,20,23-24,26-29,37H,1-2,9-11,14-16,18-19H2,3-6H3/t23-,24?,26+,27+,28+,29?,33?/m1/s1. The molecule has 1 aromatic carbocycles. The number of allylic oxidation sites excluding steroid dienone is 1. The molecule has 3 unspecified atom stereocenters. The predicted octanol–water partition coefficient (Wildman–Crippen LogP) is 4.88. The number of rotatable bonds is 14. The number of hydrogen-bond donors (Lipinski definition) is 1. The molecule has 0 radical (unpaired) electrons. The first-order chi connectivity index (χ1) is 20.0. The van der Waals surface area contributed by atoms with E-state index in [4.69, 9.17) is 9.47 Å². The van der Waals surface area contributed by atoms with Crippen molar-refractivity contribution in [2.24, 2.45) is 17.8 Å². The number of aliphatic hydroxyl groups excluding tert-OH is 1. The van der Waals surface area contributed by atoms with E-state index in [9.17, 15) is 19.5 Å². The molecule has 0 aromatic heterocycles. The number of alkyl halides is 1. The van der Waals surface area contributed by atoms with Crippen molar-refractivity contribution in [2.45, 2.75) is 88.4 Å². The number of halogens is 1. The van der Waals surface area contributed by atoms with Crippen LogP contribution in [0.5, 0.6) is 0 Å². The molecule has 9 heteroatoms. The lowest BCUT2D eigenvalue weighted by molar-refractivity contribution is -0.155. The van der Waals surface area contributed by atoms with E-state index in [0.717, 1.165) is 29.7 Å². The number of carbonyl (C=O) groups excluding carboxylic acids is 3. The third-order valence-corrected chi connectivity index (χ3v) is 9.71. The van der Waals surface area contributed by atoms with Gasteiger partial charge in [-0.05, 0) is 69.1 Å². The van der Waals surface area contributed by atoms with Crippen LogP contribution >= 0.6 is 15.9 Å². The summed E-state index contributed by atoms with van der Waals surface area (Å²) >= 11 is 3.72. The van der Waals surface area contributed by atoms with E-state index in [1.807, 2.05) is 52.0 Å². The number of aliphatic hydroxyl groups is 1. The van der Waals surface area contributed by atoms with Crippen LogP contribution in [0, 0.1) is 31.6 Å². The van der Waals surface area contributed by atoms with Crippen molar-refractivity contribution < 1.29 is 29.0 Å². The maximum absolute atomic E-state index is 14.8. The number of carbonyl (C=O) groups is 3. The van der Waals surface area contributed by atoms with Crippen molar-refractivity contribution in [1.82, 2.24) is 4.90 Å². The monoisotopic (exact) mass is 644 g/mol. The molecule has 42 heavy (non-hydrogen) atoms. The maximum Gasteiger partial charge on any atom is 0.312 e. The fraction of sp³-hybridized carbons (Fsp3) is 0.606. The van der Waals surface area contributed by atoms with E-state index >= 15 is 0 Å². The van der Waals surface area contributed by atoms with E-state index in [1.165, 1.54) is 0 Å². The van der Waals surface area contributed by atoms with Gasteiger partial charge in [-0.15, -0.1) is 13.2 Å². The van der Waals surface area contributed by atoms with Crippen LogP contribution in [0.3, 0.4) is 0 Å². The van der Waals surface area contributed by atoms with Crippen LogP contribution in [-0.4, -0.2) is 76.2 Å². The number of likely N-dealkylation sites (tertiary alicyclic amines) is 1. The Morgan fingerprint density at radius 3 is 2.64 bits per heavy atom. The summed E-state index contributed by atoms with van der Waals surface area (Å²) in [6, 6.07) is 4.28. The van der Waals surface area contributed by atoms with Crippen molar-refractivity contribution in [3.63, 3.8) is 0 Å². The molecule has 8 nitrogen and oxygen atoms in total. The number of fused-ring (bicyclic) bond motifs is 1. The van der Waals surface area contributed by atoms with Gasteiger partial charge in [0.2, 0.25) is 5.91 Å². The largest absolute Gasteiger partial charge is 0.465 e. The van der Waals surface area contributed by atoms with E-state index in [1.54, 1.807) is 15.9 Å². The average Bonchev–Trinajstić information content (AvgIpc) is 3.54. The molecule has 1 N–H and O–H groups in total. The molecule has 0 saturated carbocycles. The number of anilines is 1. The Balaban J connectivity index is 1.78. The third-order valence-electron chi connectivity index (χ3n) is 8.86. The van der Waals surface area contributed by atoms with Crippen LogP contribution in [0.2, 0.25) is 0 Å². The van der Waals surface area contributed by atoms with Crippen LogP contribution < -0.4 is 4.90 Å². The quantitative estimate of drug-likeness (QED) is 0.134. The molecular weight excluding hydrogens is 600 g/mol. The van der Waals surface area contributed by atoms with Crippen molar-refractivity contribution in [3.05, 3.63) is 54.6 Å². The molecule has 7 atom stereocenters. The minimum absolute atomic E-state index is 0.157. The van der Waals surface area contributed by atoms with Gasteiger partial charge in [-0.25, -0.2) is 0 Å². The average molecular weight is 646 g/mol. The van der Waals surface area contributed by atoms with Crippen LogP contribution in [0.4, 0.5) is 5.69 Å². The van der Waals surface area contributed by atoms with Crippen LogP contribution in [-0.2, 0) is 23.9 Å². The Morgan fingerprint density at radius 1 is 1.26 bits per heavy atom. The molecule has 3 fully saturated rings. The summed E-state index contributed by atoms with van der Waals surface area (Å²) in [5, 5.41) is 10.6. The fourth-order valence-corrected chi connectivity index (χ4v) is 8.03. The van der Waals surface area contributed by atoms with Crippen LogP contribution in [0.1, 0.15) is 57.1 Å². The third kappa shape index (κ3) is 5.84. The van der Waals surface area contributed by atoms with Crippen LogP contribution in [0.25, 0.3) is 0 Å². The number of amides is 2. The summed E-state index contributed by atoms with van der Waals surface area (Å²) in [5.74, 6) is -2.68. The summed E-state index contributed by atoms with van der Waals surface area (Å²) in [6.07, 6.45) is 6.17. The molecule has 1 spiro atoms. The highest BCUT2D eigenvalue weighted by atomic mass is 79.9. The van der Waals surface area contributed by atoms with E-state index in [0.29, 0.717) is 19.3 Å².